The minimum absolute atomic E-state index is 0.681. The van der Waals surface area contributed by atoms with Gasteiger partial charge in [0.1, 0.15) is 0 Å². The van der Waals surface area contributed by atoms with Gasteiger partial charge in [-0.2, -0.15) is 11.8 Å². The van der Waals surface area contributed by atoms with E-state index < -0.39 is 0 Å². The molecule has 20 heavy (non-hydrogen) atoms. The van der Waals surface area contributed by atoms with Crippen molar-refractivity contribution in [3.05, 3.63) is 29.3 Å². The second-order valence-electron chi connectivity index (χ2n) is 5.43. The van der Waals surface area contributed by atoms with Gasteiger partial charge in [0.15, 0.2) is 0 Å². The minimum Gasteiger partial charge on any atom is -0.383 e. The van der Waals surface area contributed by atoms with E-state index in [0.717, 1.165) is 19.7 Å². The first-order valence-electron chi connectivity index (χ1n) is 7.32. The molecule has 2 rings (SSSR count). The highest BCUT2D eigenvalue weighted by atomic mass is 32.2. The maximum Gasteiger partial charge on any atom is 0.0587 e. The first kappa shape index (κ1) is 15.7. The molecular formula is C16H26N2OS. The number of nitrogens with one attached hydrogen (secondary N) is 1. The van der Waals surface area contributed by atoms with Crippen molar-refractivity contribution >= 4 is 17.4 Å². The Balaban J connectivity index is 2.06. The monoisotopic (exact) mass is 294 g/mol. The zero-order valence-corrected chi connectivity index (χ0v) is 13.6. The third-order valence-electron chi connectivity index (χ3n) is 3.87. The van der Waals surface area contributed by atoms with Crippen molar-refractivity contribution in [2.45, 2.75) is 25.9 Å². The molecule has 0 aliphatic carbocycles. The standard InChI is InChI=1S/C16H26N2OS/c1-13-4-5-16(18(2)15-6-9-20-12-15)14(10-13)11-17-7-8-19-3/h4-5,10,15,17H,6-9,11-12H2,1-3H3. The van der Waals surface area contributed by atoms with Crippen LogP contribution in [-0.2, 0) is 11.3 Å². The average Bonchev–Trinajstić information content (AvgIpc) is 2.97. The molecule has 4 heteroatoms. The number of rotatable bonds is 7. The van der Waals surface area contributed by atoms with Gasteiger partial charge in [-0.1, -0.05) is 17.7 Å². The Morgan fingerprint density at radius 3 is 3.00 bits per heavy atom. The lowest BCUT2D eigenvalue weighted by molar-refractivity contribution is 0.199. The molecule has 1 aromatic rings. The summed E-state index contributed by atoms with van der Waals surface area (Å²) in [7, 11) is 3.98. The number of anilines is 1. The molecular weight excluding hydrogens is 268 g/mol. The molecule has 1 aliphatic rings. The molecule has 1 aliphatic heterocycles. The van der Waals surface area contributed by atoms with E-state index in [1.165, 1.54) is 34.7 Å². The highest BCUT2D eigenvalue weighted by Gasteiger charge is 2.21. The van der Waals surface area contributed by atoms with Gasteiger partial charge in [-0.05, 0) is 30.7 Å². The molecule has 0 saturated carbocycles. The maximum atomic E-state index is 5.09. The zero-order chi connectivity index (χ0) is 14.4. The van der Waals surface area contributed by atoms with Crippen molar-refractivity contribution in [1.29, 1.82) is 0 Å². The summed E-state index contributed by atoms with van der Waals surface area (Å²) in [6.45, 7) is 4.72. The van der Waals surface area contributed by atoms with Crippen molar-refractivity contribution in [3.63, 3.8) is 0 Å². The molecule has 1 saturated heterocycles. The van der Waals surface area contributed by atoms with Gasteiger partial charge in [0.05, 0.1) is 6.61 Å². The lowest BCUT2D eigenvalue weighted by Crippen LogP contribution is -2.32. The second-order valence-corrected chi connectivity index (χ2v) is 6.58. The second kappa shape index (κ2) is 7.91. The lowest BCUT2D eigenvalue weighted by atomic mass is 10.1. The molecule has 1 N–H and O–H groups in total. The molecule has 0 bridgehead atoms. The average molecular weight is 294 g/mol. The molecule has 1 heterocycles. The Labute approximate surface area is 127 Å². The van der Waals surface area contributed by atoms with Crippen LogP contribution in [0.15, 0.2) is 18.2 Å². The Kier molecular flexibility index (Phi) is 6.20. The summed E-state index contributed by atoms with van der Waals surface area (Å²) in [5.74, 6) is 2.54. The SMILES string of the molecule is COCCNCc1cc(C)ccc1N(C)C1CCSC1. The van der Waals surface area contributed by atoms with Crippen LogP contribution in [0.3, 0.4) is 0 Å². The van der Waals surface area contributed by atoms with Crippen LogP contribution in [-0.4, -0.2) is 44.9 Å². The van der Waals surface area contributed by atoms with Gasteiger partial charge in [-0.3, -0.25) is 0 Å². The predicted molar refractivity (Wildman–Crippen MR) is 88.9 cm³/mol. The highest BCUT2D eigenvalue weighted by molar-refractivity contribution is 7.99. The lowest BCUT2D eigenvalue weighted by Gasteiger charge is -2.28. The van der Waals surface area contributed by atoms with Crippen LogP contribution < -0.4 is 10.2 Å². The Morgan fingerprint density at radius 1 is 1.45 bits per heavy atom. The summed E-state index contributed by atoms with van der Waals surface area (Å²) >= 11 is 2.06. The van der Waals surface area contributed by atoms with Crippen LogP contribution in [0, 0.1) is 6.92 Å². The molecule has 0 aromatic heterocycles. The first-order chi connectivity index (χ1) is 9.72. The molecule has 3 nitrogen and oxygen atoms in total. The molecule has 0 amide bonds. The normalized spacial score (nSPS) is 18.4. The van der Waals surface area contributed by atoms with E-state index in [1.807, 2.05) is 0 Å². The molecule has 1 fully saturated rings. The fourth-order valence-electron chi connectivity index (χ4n) is 2.62. The largest absolute Gasteiger partial charge is 0.383 e. The van der Waals surface area contributed by atoms with Crippen molar-refractivity contribution in [1.82, 2.24) is 5.32 Å². The number of hydrogen-bond donors (Lipinski definition) is 1. The smallest absolute Gasteiger partial charge is 0.0587 e. The van der Waals surface area contributed by atoms with Crippen molar-refractivity contribution < 1.29 is 4.74 Å². The zero-order valence-electron chi connectivity index (χ0n) is 12.8. The highest BCUT2D eigenvalue weighted by Crippen LogP contribution is 2.28. The fraction of sp³-hybridized carbons (Fsp3) is 0.625. The number of nitrogens with zero attached hydrogens (tertiary/aromatic N) is 1. The Morgan fingerprint density at radius 2 is 2.30 bits per heavy atom. The van der Waals surface area contributed by atoms with Crippen LogP contribution in [0.2, 0.25) is 0 Å². The number of aryl methyl sites for hydroxylation is 1. The molecule has 1 aromatic carbocycles. The van der Waals surface area contributed by atoms with Crippen LogP contribution in [0.1, 0.15) is 17.5 Å². The Bertz CT molecular complexity index is 419. The molecule has 112 valence electrons. The van der Waals surface area contributed by atoms with E-state index in [2.05, 4.69) is 54.1 Å². The summed E-state index contributed by atoms with van der Waals surface area (Å²) in [5, 5.41) is 3.46. The number of ether oxygens (including phenoxy) is 1. The van der Waals surface area contributed by atoms with Gasteiger partial charge in [-0.25, -0.2) is 0 Å². The molecule has 1 atom stereocenters. The van der Waals surface area contributed by atoms with E-state index >= 15 is 0 Å². The van der Waals surface area contributed by atoms with Crippen LogP contribution >= 0.6 is 11.8 Å². The van der Waals surface area contributed by atoms with E-state index in [-0.39, 0.29) is 0 Å². The van der Waals surface area contributed by atoms with Crippen molar-refractivity contribution in [2.75, 3.05) is 43.7 Å². The van der Waals surface area contributed by atoms with Crippen LogP contribution in [0.25, 0.3) is 0 Å². The van der Waals surface area contributed by atoms with Gasteiger partial charge < -0.3 is 15.0 Å². The number of hydrogen-bond acceptors (Lipinski definition) is 4. The minimum atomic E-state index is 0.681. The first-order valence-corrected chi connectivity index (χ1v) is 8.47. The van der Waals surface area contributed by atoms with Gasteiger partial charge in [0.2, 0.25) is 0 Å². The summed E-state index contributed by atoms with van der Waals surface area (Å²) in [5.41, 5.74) is 4.08. The predicted octanol–water partition coefficient (Wildman–Crippen LogP) is 2.67. The van der Waals surface area contributed by atoms with Crippen LogP contribution in [0.5, 0.6) is 0 Å². The summed E-state index contributed by atoms with van der Waals surface area (Å²) in [6.07, 6.45) is 1.30. The number of thioether (sulfide) groups is 1. The van der Waals surface area contributed by atoms with E-state index in [4.69, 9.17) is 4.74 Å². The van der Waals surface area contributed by atoms with E-state index in [1.54, 1.807) is 7.11 Å². The van der Waals surface area contributed by atoms with Gasteiger partial charge >= 0.3 is 0 Å². The summed E-state index contributed by atoms with van der Waals surface area (Å²) in [4.78, 5) is 2.47. The van der Waals surface area contributed by atoms with Gasteiger partial charge in [0, 0.05) is 44.7 Å². The number of methoxy groups -OCH3 is 1. The number of benzene rings is 1. The van der Waals surface area contributed by atoms with Crippen molar-refractivity contribution in [2.24, 2.45) is 0 Å². The van der Waals surface area contributed by atoms with Gasteiger partial charge in [-0.15, -0.1) is 0 Å². The fourth-order valence-corrected chi connectivity index (χ4v) is 3.89. The maximum absolute atomic E-state index is 5.09. The Hall–Kier alpha value is -0.710. The van der Waals surface area contributed by atoms with E-state index in [9.17, 15) is 0 Å². The topological polar surface area (TPSA) is 24.5 Å². The molecule has 1 unspecified atom stereocenters. The van der Waals surface area contributed by atoms with Crippen molar-refractivity contribution in [3.8, 4) is 0 Å². The molecule has 0 spiro atoms. The molecule has 0 radical (unpaired) electrons. The van der Waals surface area contributed by atoms with E-state index in [0.29, 0.717) is 6.04 Å². The third-order valence-corrected chi connectivity index (χ3v) is 5.01. The van der Waals surface area contributed by atoms with Crippen LogP contribution in [0.4, 0.5) is 5.69 Å². The van der Waals surface area contributed by atoms with Gasteiger partial charge in [0.25, 0.3) is 0 Å². The quantitative estimate of drug-likeness (QED) is 0.782. The summed E-state index contributed by atoms with van der Waals surface area (Å²) in [6, 6.07) is 7.46. The summed E-state index contributed by atoms with van der Waals surface area (Å²) < 4.78 is 5.09. The third kappa shape index (κ3) is 4.14.